The molecule has 1 atom stereocenters. The van der Waals surface area contributed by atoms with Gasteiger partial charge in [0, 0.05) is 11.6 Å². The molecule has 1 aromatic carbocycles. The van der Waals surface area contributed by atoms with E-state index in [2.05, 4.69) is 10.3 Å². The zero-order valence-corrected chi connectivity index (χ0v) is 9.92. The van der Waals surface area contributed by atoms with Gasteiger partial charge >= 0.3 is 5.97 Å². The Morgan fingerprint density at radius 1 is 1.44 bits per heavy atom. The maximum absolute atomic E-state index is 10.5. The molecule has 0 radical (unpaired) electrons. The van der Waals surface area contributed by atoms with E-state index in [9.17, 15) is 9.90 Å². The summed E-state index contributed by atoms with van der Waals surface area (Å²) in [6, 6.07) is 7.83. The number of carboxylic acids is 1. The number of carbonyl (C=O) groups is 1. The fourth-order valence-corrected chi connectivity index (χ4v) is 1.70. The summed E-state index contributed by atoms with van der Waals surface area (Å²) in [5, 5.41) is 22.6. The van der Waals surface area contributed by atoms with Crippen molar-refractivity contribution < 1.29 is 15.0 Å². The van der Waals surface area contributed by atoms with Crippen LogP contribution in [0.2, 0.25) is 0 Å². The fraction of sp³-hybridized carbons (Fsp3) is 0.231. The van der Waals surface area contributed by atoms with Gasteiger partial charge in [0.2, 0.25) is 0 Å². The molecule has 1 heterocycles. The van der Waals surface area contributed by atoms with E-state index in [4.69, 9.17) is 5.11 Å². The van der Waals surface area contributed by atoms with E-state index in [0.717, 1.165) is 16.3 Å². The molecule has 1 unspecified atom stereocenters. The second kappa shape index (κ2) is 5.01. The molecule has 2 aromatic rings. The first-order valence-electron chi connectivity index (χ1n) is 5.58. The van der Waals surface area contributed by atoms with Gasteiger partial charge in [0.15, 0.2) is 6.10 Å². The number of rotatable bonds is 4. The van der Waals surface area contributed by atoms with Crippen molar-refractivity contribution in [2.24, 2.45) is 0 Å². The molecule has 0 aliphatic carbocycles. The predicted octanol–water partition coefficient (Wildman–Crippen LogP) is 1.40. The highest BCUT2D eigenvalue weighted by molar-refractivity contribution is 5.92. The fourth-order valence-electron chi connectivity index (χ4n) is 1.70. The van der Waals surface area contributed by atoms with Crippen molar-refractivity contribution >= 4 is 22.6 Å². The lowest BCUT2D eigenvalue weighted by Gasteiger charge is -2.10. The summed E-state index contributed by atoms with van der Waals surface area (Å²) >= 11 is 0. The Kier molecular flexibility index (Phi) is 3.43. The van der Waals surface area contributed by atoms with Gasteiger partial charge < -0.3 is 15.5 Å². The molecular formula is C13H14N2O3. The van der Waals surface area contributed by atoms with Gasteiger partial charge in [0.05, 0.1) is 6.54 Å². The Morgan fingerprint density at radius 2 is 2.22 bits per heavy atom. The zero-order valence-electron chi connectivity index (χ0n) is 9.92. The van der Waals surface area contributed by atoms with Crippen LogP contribution >= 0.6 is 0 Å². The third-order valence-electron chi connectivity index (χ3n) is 2.67. The lowest BCUT2D eigenvalue weighted by atomic mass is 10.1. The van der Waals surface area contributed by atoms with Crippen LogP contribution in [0.25, 0.3) is 10.8 Å². The smallest absolute Gasteiger partial charge is 0.334 e. The van der Waals surface area contributed by atoms with E-state index >= 15 is 0 Å². The molecule has 0 fully saturated rings. The Morgan fingerprint density at radius 3 is 2.94 bits per heavy atom. The second-order valence-corrected chi connectivity index (χ2v) is 4.12. The van der Waals surface area contributed by atoms with Gasteiger partial charge in [-0.2, -0.15) is 0 Å². The third-order valence-corrected chi connectivity index (χ3v) is 2.67. The SMILES string of the molecule is Cc1ccc2ccnc(NCC(O)C(=O)O)c2c1. The van der Waals surface area contributed by atoms with Crippen molar-refractivity contribution in [1.29, 1.82) is 0 Å². The second-order valence-electron chi connectivity index (χ2n) is 4.12. The molecule has 1 aromatic heterocycles. The molecule has 5 heteroatoms. The van der Waals surface area contributed by atoms with E-state index in [-0.39, 0.29) is 6.54 Å². The minimum Gasteiger partial charge on any atom is -0.479 e. The molecule has 5 nitrogen and oxygen atoms in total. The van der Waals surface area contributed by atoms with Crippen LogP contribution in [-0.2, 0) is 4.79 Å². The average molecular weight is 246 g/mol. The largest absolute Gasteiger partial charge is 0.479 e. The van der Waals surface area contributed by atoms with Gasteiger partial charge in [-0.3, -0.25) is 0 Å². The summed E-state index contributed by atoms with van der Waals surface area (Å²) in [5.74, 6) is -0.671. The molecule has 0 aliphatic heterocycles. The van der Waals surface area contributed by atoms with Gasteiger partial charge in [-0.15, -0.1) is 0 Å². The van der Waals surface area contributed by atoms with Crippen LogP contribution in [0.4, 0.5) is 5.82 Å². The summed E-state index contributed by atoms with van der Waals surface area (Å²) in [5.41, 5.74) is 1.09. The Labute approximate surface area is 104 Å². The molecule has 0 amide bonds. The number of anilines is 1. The number of hydrogen-bond donors (Lipinski definition) is 3. The molecular weight excluding hydrogens is 232 g/mol. The summed E-state index contributed by atoms with van der Waals surface area (Å²) in [6.07, 6.45) is 0.208. The van der Waals surface area contributed by atoms with E-state index in [0.29, 0.717) is 5.82 Å². The number of aliphatic hydroxyl groups excluding tert-OH is 1. The number of pyridine rings is 1. The maximum atomic E-state index is 10.5. The number of fused-ring (bicyclic) bond motifs is 1. The highest BCUT2D eigenvalue weighted by Crippen LogP contribution is 2.22. The molecule has 18 heavy (non-hydrogen) atoms. The van der Waals surface area contributed by atoms with Crippen molar-refractivity contribution in [3.05, 3.63) is 36.0 Å². The van der Waals surface area contributed by atoms with Crippen LogP contribution in [0.3, 0.4) is 0 Å². The number of benzene rings is 1. The monoisotopic (exact) mass is 246 g/mol. The molecule has 0 saturated carbocycles. The average Bonchev–Trinajstić information content (AvgIpc) is 2.35. The first-order chi connectivity index (χ1) is 8.58. The summed E-state index contributed by atoms with van der Waals surface area (Å²) in [4.78, 5) is 14.7. The molecule has 0 saturated heterocycles. The molecule has 0 bridgehead atoms. The topological polar surface area (TPSA) is 82.5 Å². The van der Waals surface area contributed by atoms with Crippen LogP contribution < -0.4 is 5.32 Å². The number of carboxylic acid groups (broad SMARTS) is 1. The van der Waals surface area contributed by atoms with Crippen molar-refractivity contribution in [2.45, 2.75) is 13.0 Å². The van der Waals surface area contributed by atoms with E-state index < -0.39 is 12.1 Å². The summed E-state index contributed by atoms with van der Waals surface area (Å²) in [6.45, 7) is 1.90. The van der Waals surface area contributed by atoms with Crippen LogP contribution in [0, 0.1) is 6.92 Å². The standard InChI is InChI=1S/C13H14N2O3/c1-8-2-3-9-4-5-14-12(10(9)6-8)15-7-11(16)13(17)18/h2-6,11,16H,7H2,1H3,(H,14,15)(H,17,18). The first kappa shape index (κ1) is 12.3. The predicted molar refractivity (Wildman–Crippen MR) is 68.6 cm³/mol. The Hall–Kier alpha value is -2.14. The number of aromatic nitrogens is 1. The first-order valence-corrected chi connectivity index (χ1v) is 5.58. The number of nitrogens with zero attached hydrogens (tertiary/aromatic N) is 1. The molecule has 0 spiro atoms. The molecule has 0 aliphatic rings. The van der Waals surface area contributed by atoms with Crippen molar-refractivity contribution in [1.82, 2.24) is 4.98 Å². The van der Waals surface area contributed by atoms with Crippen molar-refractivity contribution in [2.75, 3.05) is 11.9 Å². The highest BCUT2D eigenvalue weighted by Gasteiger charge is 2.13. The van der Waals surface area contributed by atoms with Gasteiger partial charge in [0.25, 0.3) is 0 Å². The van der Waals surface area contributed by atoms with E-state index in [1.54, 1.807) is 6.20 Å². The lowest BCUT2D eigenvalue weighted by Crippen LogP contribution is -2.28. The number of hydrogen-bond acceptors (Lipinski definition) is 4. The number of aryl methyl sites for hydroxylation is 1. The summed E-state index contributed by atoms with van der Waals surface area (Å²) < 4.78 is 0. The molecule has 2 rings (SSSR count). The van der Waals surface area contributed by atoms with Gasteiger partial charge in [0.1, 0.15) is 5.82 Å². The number of aliphatic hydroxyl groups is 1. The Bertz CT molecular complexity index is 583. The normalized spacial score (nSPS) is 12.3. The van der Waals surface area contributed by atoms with E-state index in [1.165, 1.54) is 0 Å². The molecule has 94 valence electrons. The van der Waals surface area contributed by atoms with Crippen molar-refractivity contribution in [3.8, 4) is 0 Å². The van der Waals surface area contributed by atoms with Gasteiger partial charge in [-0.1, -0.05) is 17.7 Å². The molecule has 3 N–H and O–H groups in total. The van der Waals surface area contributed by atoms with Crippen LogP contribution in [0.1, 0.15) is 5.56 Å². The highest BCUT2D eigenvalue weighted by atomic mass is 16.4. The van der Waals surface area contributed by atoms with Crippen molar-refractivity contribution in [3.63, 3.8) is 0 Å². The minimum atomic E-state index is -1.44. The van der Waals surface area contributed by atoms with Gasteiger partial charge in [-0.05, 0) is 24.4 Å². The quantitative estimate of drug-likeness (QED) is 0.759. The van der Waals surface area contributed by atoms with E-state index in [1.807, 2.05) is 31.2 Å². The Balaban J connectivity index is 2.27. The number of nitrogens with one attached hydrogen (secondary N) is 1. The lowest BCUT2D eigenvalue weighted by molar-refractivity contribution is -0.145. The van der Waals surface area contributed by atoms with Crippen LogP contribution in [0.15, 0.2) is 30.5 Å². The summed E-state index contributed by atoms with van der Waals surface area (Å²) in [7, 11) is 0. The maximum Gasteiger partial charge on any atom is 0.334 e. The van der Waals surface area contributed by atoms with Crippen LogP contribution in [-0.4, -0.2) is 33.8 Å². The number of aliphatic carboxylic acids is 1. The van der Waals surface area contributed by atoms with Gasteiger partial charge in [-0.25, -0.2) is 9.78 Å². The van der Waals surface area contributed by atoms with Crippen LogP contribution in [0.5, 0.6) is 0 Å². The minimum absolute atomic E-state index is 0.0740. The zero-order chi connectivity index (χ0) is 13.1. The third kappa shape index (κ3) is 2.57.